The Bertz CT molecular complexity index is 1110. The summed E-state index contributed by atoms with van der Waals surface area (Å²) in [7, 11) is 1.61. The minimum absolute atomic E-state index is 0.00112. The minimum Gasteiger partial charge on any atom is -0.394 e. The molecule has 0 bridgehead atoms. The molecule has 0 saturated carbocycles. The van der Waals surface area contributed by atoms with Crippen LogP contribution in [0, 0.1) is 6.92 Å². The lowest BCUT2D eigenvalue weighted by Gasteiger charge is -2.21. The third kappa shape index (κ3) is 4.49. The number of nitrogens with one attached hydrogen (secondary N) is 2. The number of aromatic amines is 1. The molecule has 0 spiro atoms. The van der Waals surface area contributed by atoms with E-state index in [2.05, 4.69) is 20.3 Å². The van der Waals surface area contributed by atoms with Gasteiger partial charge in [0.05, 0.1) is 30.4 Å². The van der Waals surface area contributed by atoms with Crippen LogP contribution in [0.2, 0.25) is 0 Å². The maximum atomic E-state index is 12.3. The first-order valence-corrected chi connectivity index (χ1v) is 9.50. The fraction of sp³-hybridized carbons (Fsp3) is 0.474. The molecule has 1 aromatic carbocycles. The number of H-pyrrole nitrogens is 1. The van der Waals surface area contributed by atoms with Gasteiger partial charge in [0.25, 0.3) is 5.56 Å². The van der Waals surface area contributed by atoms with Crippen molar-refractivity contribution in [2.45, 2.75) is 32.1 Å². The highest BCUT2D eigenvalue weighted by atomic mass is 16.5. The number of aromatic nitrogens is 4. The van der Waals surface area contributed by atoms with Gasteiger partial charge in [0.15, 0.2) is 11.5 Å². The molecule has 0 saturated heterocycles. The molecule has 2 unspecified atom stereocenters. The average Bonchev–Trinajstić information content (AvgIpc) is 2.71. The van der Waals surface area contributed by atoms with Crippen LogP contribution in [0.1, 0.15) is 12.0 Å². The predicted molar refractivity (Wildman–Crippen MR) is 110 cm³/mol. The number of fused-ring (bicyclic) bond motifs is 2. The number of aliphatic hydroxyl groups excluding tert-OH is 3. The van der Waals surface area contributed by atoms with Gasteiger partial charge in [-0.25, -0.2) is 9.78 Å². The van der Waals surface area contributed by atoms with Gasteiger partial charge in [0.1, 0.15) is 6.10 Å². The van der Waals surface area contributed by atoms with Crippen LogP contribution in [0.4, 0.5) is 5.69 Å². The van der Waals surface area contributed by atoms with Crippen molar-refractivity contribution in [2.75, 3.05) is 32.2 Å². The smallest absolute Gasteiger partial charge is 0.349 e. The largest absolute Gasteiger partial charge is 0.394 e. The summed E-state index contributed by atoms with van der Waals surface area (Å²) in [6, 6.07) is 3.64. The maximum absolute atomic E-state index is 12.3. The van der Waals surface area contributed by atoms with Gasteiger partial charge in [0, 0.05) is 25.9 Å². The van der Waals surface area contributed by atoms with E-state index in [0.717, 1.165) is 11.3 Å². The first-order valence-electron chi connectivity index (χ1n) is 9.50. The van der Waals surface area contributed by atoms with E-state index >= 15 is 0 Å². The van der Waals surface area contributed by atoms with Crippen LogP contribution in [-0.2, 0) is 11.3 Å². The zero-order valence-corrected chi connectivity index (χ0v) is 16.8. The standard InChI is InChI=1S/C19H25N5O6/c1-10-7-12-13(8-11(10)20-4-6-30-2)24(5-3-14(26)15(27)9-25)17-16(21-12)18(28)23-19(29)22-17/h7-8,14-15,20,25-27H,3-6,9H2,1-2H3,(H,23,28,29). The molecule has 11 heteroatoms. The Labute approximate surface area is 171 Å². The zero-order chi connectivity index (χ0) is 21.8. The lowest BCUT2D eigenvalue weighted by molar-refractivity contribution is -0.0191. The monoisotopic (exact) mass is 419 g/mol. The number of anilines is 1. The van der Waals surface area contributed by atoms with E-state index in [0.29, 0.717) is 24.2 Å². The molecule has 0 radical (unpaired) electrons. The number of rotatable bonds is 9. The predicted octanol–water partition coefficient (Wildman–Crippen LogP) is -0.944. The Morgan fingerprint density at radius 3 is 2.70 bits per heavy atom. The zero-order valence-electron chi connectivity index (χ0n) is 16.8. The van der Waals surface area contributed by atoms with Crippen molar-refractivity contribution in [3.05, 3.63) is 38.5 Å². The van der Waals surface area contributed by atoms with E-state index in [1.807, 2.05) is 19.1 Å². The van der Waals surface area contributed by atoms with Crippen LogP contribution < -0.4 is 16.6 Å². The molecule has 11 nitrogen and oxygen atoms in total. The molecule has 2 aliphatic rings. The summed E-state index contributed by atoms with van der Waals surface area (Å²) in [6.45, 7) is 2.53. The van der Waals surface area contributed by atoms with Crippen molar-refractivity contribution in [3.63, 3.8) is 0 Å². The molecule has 0 aromatic heterocycles. The summed E-state index contributed by atoms with van der Waals surface area (Å²) in [6.07, 6.45) is -2.44. The van der Waals surface area contributed by atoms with Crippen molar-refractivity contribution in [1.82, 2.24) is 19.5 Å². The highest BCUT2D eigenvalue weighted by molar-refractivity contribution is 5.84. The second-order valence-electron chi connectivity index (χ2n) is 6.99. The molecule has 0 amide bonds. The van der Waals surface area contributed by atoms with Crippen molar-refractivity contribution in [2.24, 2.45) is 0 Å². The molecule has 2 heterocycles. The van der Waals surface area contributed by atoms with Gasteiger partial charge in [-0.1, -0.05) is 0 Å². The lowest BCUT2D eigenvalue weighted by atomic mass is 10.1. The molecule has 3 rings (SSSR count). The van der Waals surface area contributed by atoms with Crippen LogP contribution in [0.5, 0.6) is 0 Å². The van der Waals surface area contributed by atoms with Crippen LogP contribution in [-0.4, -0.2) is 73.9 Å². The Morgan fingerprint density at radius 2 is 2.00 bits per heavy atom. The summed E-state index contributed by atoms with van der Waals surface area (Å²) in [5.41, 5.74) is 1.37. The number of hydrogen-bond acceptors (Lipinski definition) is 9. The molecule has 0 aliphatic carbocycles. The molecule has 0 fully saturated rings. The van der Waals surface area contributed by atoms with Gasteiger partial charge in [-0.05, 0) is 31.0 Å². The second-order valence-corrected chi connectivity index (χ2v) is 6.99. The molecule has 162 valence electrons. The SMILES string of the molecule is COCCNc1cc2c(cc1C)nc1c(=O)[nH]c(=O)nc-1n2CCC(O)C(O)CO. The highest BCUT2D eigenvalue weighted by Gasteiger charge is 2.21. The third-order valence-electron chi connectivity index (χ3n) is 4.86. The van der Waals surface area contributed by atoms with E-state index in [4.69, 9.17) is 9.84 Å². The fourth-order valence-electron chi connectivity index (χ4n) is 3.23. The van der Waals surface area contributed by atoms with Gasteiger partial charge in [-0.15, -0.1) is 0 Å². The average molecular weight is 419 g/mol. The van der Waals surface area contributed by atoms with Crippen LogP contribution in [0.25, 0.3) is 22.6 Å². The normalized spacial score (nSPS) is 13.6. The Kier molecular flexibility index (Phi) is 6.77. The molecule has 1 aromatic rings. The summed E-state index contributed by atoms with van der Waals surface area (Å²) in [5, 5.41) is 32.0. The number of nitrogens with zero attached hydrogens (tertiary/aromatic N) is 3. The van der Waals surface area contributed by atoms with Crippen molar-refractivity contribution >= 4 is 16.7 Å². The van der Waals surface area contributed by atoms with Crippen molar-refractivity contribution in [3.8, 4) is 11.5 Å². The van der Waals surface area contributed by atoms with Crippen molar-refractivity contribution < 1.29 is 20.1 Å². The lowest BCUT2D eigenvalue weighted by Crippen LogP contribution is -2.32. The number of aliphatic hydroxyl groups is 3. The van der Waals surface area contributed by atoms with Crippen LogP contribution in [0.15, 0.2) is 21.7 Å². The van der Waals surface area contributed by atoms with E-state index < -0.39 is 30.1 Å². The van der Waals surface area contributed by atoms with Crippen LogP contribution in [0.3, 0.4) is 0 Å². The molecular weight excluding hydrogens is 394 g/mol. The van der Waals surface area contributed by atoms with E-state index in [1.54, 1.807) is 11.7 Å². The van der Waals surface area contributed by atoms with Gasteiger partial charge in [-0.3, -0.25) is 9.78 Å². The number of hydrogen-bond donors (Lipinski definition) is 5. The molecule has 5 N–H and O–H groups in total. The Balaban J connectivity index is 2.16. The molecule has 2 aliphatic heterocycles. The number of benzene rings is 1. The first kappa shape index (κ1) is 21.8. The fourth-order valence-corrected chi connectivity index (χ4v) is 3.23. The van der Waals surface area contributed by atoms with E-state index in [1.165, 1.54) is 0 Å². The summed E-state index contributed by atoms with van der Waals surface area (Å²) in [4.78, 5) is 34.5. The summed E-state index contributed by atoms with van der Waals surface area (Å²) in [5.74, 6) is 0.0774. The Morgan fingerprint density at radius 1 is 1.23 bits per heavy atom. The number of aryl methyl sites for hydroxylation is 2. The highest BCUT2D eigenvalue weighted by Crippen LogP contribution is 2.27. The maximum Gasteiger partial charge on any atom is 0.349 e. The summed E-state index contributed by atoms with van der Waals surface area (Å²) < 4.78 is 6.68. The minimum atomic E-state index is -1.30. The Hall–Kier alpha value is -2.86. The van der Waals surface area contributed by atoms with Gasteiger partial charge < -0.3 is 29.9 Å². The number of ether oxygens (including phenoxy) is 1. The number of methoxy groups -OCH3 is 1. The quantitative estimate of drug-likeness (QED) is 0.217. The second kappa shape index (κ2) is 9.30. The first-order chi connectivity index (χ1) is 14.3. The third-order valence-corrected chi connectivity index (χ3v) is 4.86. The topological polar surface area (TPSA) is 163 Å². The molecular formula is C19H25N5O6. The van der Waals surface area contributed by atoms with E-state index in [9.17, 15) is 19.8 Å². The van der Waals surface area contributed by atoms with E-state index in [-0.39, 0.29) is 24.5 Å². The van der Waals surface area contributed by atoms with Crippen molar-refractivity contribution in [1.29, 1.82) is 0 Å². The molecule has 30 heavy (non-hydrogen) atoms. The summed E-state index contributed by atoms with van der Waals surface area (Å²) >= 11 is 0. The van der Waals surface area contributed by atoms with Crippen LogP contribution >= 0.6 is 0 Å². The van der Waals surface area contributed by atoms with Gasteiger partial charge in [-0.2, -0.15) is 4.98 Å². The molecule has 2 atom stereocenters. The van der Waals surface area contributed by atoms with Gasteiger partial charge >= 0.3 is 5.69 Å². The van der Waals surface area contributed by atoms with Gasteiger partial charge in [0.2, 0.25) is 0 Å².